The van der Waals surface area contributed by atoms with E-state index < -0.39 is 0 Å². The van der Waals surface area contributed by atoms with Crippen LogP contribution < -0.4 is 5.32 Å². The van der Waals surface area contributed by atoms with Crippen molar-refractivity contribution < 1.29 is 4.79 Å². The molecule has 1 amide bonds. The van der Waals surface area contributed by atoms with Crippen molar-refractivity contribution in [1.82, 2.24) is 14.9 Å². The van der Waals surface area contributed by atoms with E-state index in [2.05, 4.69) is 23.3 Å². The van der Waals surface area contributed by atoms with Gasteiger partial charge in [0.25, 0.3) is 0 Å². The molecule has 144 valence electrons. The molecule has 28 heavy (non-hydrogen) atoms. The fourth-order valence-electron chi connectivity index (χ4n) is 3.61. The summed E-state index contributed by atoms with van der Waals surface area (Å²) < 4.78 is 0. The van der Waals surface area contributed by atoms with Crippen molar-refractivity contribution in [2.75, 3.05) is 18.4 Å². The van der Waals surface area contributed by atoms with E-state index in [-0.39, 0.29) is 11.8 Å². The molecule has 1 aromatic carbocycles. The summed E-state index contributed by atoms with van der Waals surface area (Å²) in [5.41, 5.74) is 3.16. The highest BCUT2D eigenvalue weighted by Crippen LogP contribution is 2.27. The molecule has 1 N–H and O–H groups in total. The molecule has 6 heteroatoms. The number of nitrogens with zero attached hydrogens (tertiary/aromatic N) is 3. The van der Waals surface area contributed by atoms with Gasteiger partial charge in [-0.2, -0.15) is 0 Å². The van der Waals surface area contributed by atoms with Crippen LogP contribution in [0.1, 0.15) is 34.9 Å². The lowest BCUT2D eigenvalue weighted by atomic mass is 9.94. The first-order valence-corrected chi connectivity index (χ1v) is 10.5. The standard InChI is InChI=1S/C22H24N4OS/c1-16-6-2-3-9-19(16)24-22-23-11-10-20(25-22)17-7-4-12-26(15-17)21(27)14-18-8-5-13-28-18/h2-3,5-6,8-11,13,17H,4,7,12,14-15H2,1H3,(H,23,24,25)/t17-/m0/s1. The third kappa shape index (κ3) is 4.39. The minimum absolute atomic E-state index is 0.208. The quantitative estimate of drug-likeness (QED) is 0.693. The smallest absolute Gasteiger partial charge is 0.227 e. The highest BCUT2D eigenvalue weighted by atomic mass is 32.1. The maximum absolute atomic E-state index is 12.7. The summed E-state index contributed by atoms with van der Waals surface area (Å²) in [6.07, 6.45) is 4.35. The molecule has 0 radical (unpaired) electrons. The number of thiophene rings is 1. The molecule has 2 aromatic heterocycles. The van der Waals surface area contributed by atoms with Crippen molar-refractivity contribution >= 4 is 28.9 Å². The number of benzene rings is 1. The van der Waals surface area contributed by atoms with E-state index in [1.807, 2.05) is 46.7 Å². The van der Waals surface area contributed by atoms with Gasteiger partial charge in [-0.1, -0.05) is 24.3 Å². The average Bonchev–Trinajstić information content (AvgIpc) is 3.23. The zero-order valence-corrected chi connectivity index (χ0v) is 16.8. The van der Waals surface area contributed by atoms with Gasteiger partial charge in [0.1, 0.15) is 0 Å². The summed E-state index contributed by atoms with van der Waals surface area (Å²) >= 11 is 1.64. The Balaban J connectivity index is 1.45. The molecule has 1 aliphatic heterocycles. The number of rotatable bonds is 5. The summed E-state index contributed by atoms with van der Waals surface area (Å²) in [7, 11) is 0. The first-order valence-electron chi connectivity index (χ1n) is 9.65. The molecule has 3 aromatic rings. The van der Waals surface area contributed by atoms with Gasteiger partial charge in [0.2, 0.25) is 11.9 Å². The van der Waals surface area contributed by atoms with Gasteiger partial charge < -0.3 is 10.2 Å². The van der Waals surface area contributed by atoms with Gasteiger partial charge in [0.15, 0.2) is 0 Å². The topological polar surface area (TPSA) is 58.1 Å². The maximum atomic E-state index is 12.7. The van der Waals surface area contributed by atoms with Gasteiger partial charge in [-0.05, 0) is 48.9 Å². The minimum Gasteiger partial charge on any atom is -0.342 e. The fraction of sp³-hybridized carbons (Fsp3) is 0.318. The van der Waals surface area contributed by atoms with Crippen LogP contribution in [0.5, 0.6) is 0 Å². The van der Waals surface area contributed by atoms with Gasteiger partial charge in [0, 0.05) is 35.8 Å². The second-order valence-electron chi connectivity index (χ2n) is 7.18. The predicted octanol–water partition coefficient (Wildman–Crippen LogP) is 4.54. The molecule has 3 heterocycles. The second-order valence-corrected chi connectivity index (χ2v) is 8.21. The number of piperidine rings is 1. The van der Waals surface area contributed by atoms with E-state index in [9.17, 15) is 4.79 Å². The van der Waals surface area contributed by atoms with Crippen LogP contribution in [0.15, 0.2) is 54.0 Å². The van der Waals surface area contributed by atoms with E-state index in [1.54, 1.807) is 17.5 Å². The van der Waals surface area contributed by atoms with Crippen LogP contribution >= 0.6 is 11.3 Å². The summed E-state index contributed by atoms with van der Waals surface area (Å²) in [6, 6.07) is 14.1. The highest BCUT2D eigenvalue weighted by Gasteiger charge is 2.26. The van der Waals surface area contributed by atoms with Crippen LogP contribution in [0.25, 0.3) is 0 Å². The van der Waals surface area contributed by atoms with Crippen LogP contribution in [0.3, 0.4) is 0 Å². The summed E-state index contributed by atoms with van der Waals surface area (Å²) in [5.74, 6) is 1.06. The molecule has 1 aliphatic rings. The maximum Gasteiger partial charge on any atom is 0.227 e. The first-order chi connectivity index (χ1) is 13.7. The van der Waals surface area contributed by atoms with E-state index in [4.69, 9.17) is 4.98 Å². The monoisotopic (exact) mass is 392 g/mol. The molecule has 0 bridgehead atoms. The Morgan fingerprint density at radius 1 is 1.25 bits per heavy atom. The molecular weight excluding hydrogens is 368 g/mol. The van der Waals surface area contributed by atoms with Crippen molar-refractivity contribution in [2.24, 2.45) is 0 Å². The average molecular weight is 393 g/mol. The Hall–Kier alpha value is -2.73. The van der Waals surface area contributed by atoms with Gasteiger partial charge in [-0.3, -0.25) is 4.79 Å². The van der Waals surface area contributed by atoms with Crippen LogP contribution in [0, 0.1) is 6.92 Å². The third-order valence-electron chi connectivity index (χ3n) is 5.17. The highest BCUT2D eigenvalue weighted by molar-refractivity contribution is 7.10. The van der Waals surface area contributed by atoms with E-state index >= 15 is 0 Å². The lowest BCUT2D eigenvalue weighted by Crippen LogP contribution is -2.40. The predicted molar refractivity (Wildman–Crippen MR) is 113 cm³/mol. The Morgan fingerprint density at radius 2 is 2.14 bits per heavy atom. The largest absolute Gasteiger partial charge is 0.342 e. The van der Waals surface area contributed by atoms with Crippen molar-refractivity contribution in [1.29, 1.82) is 0 Å². The Kier molecular flexibility index (Phi) is 5.67. The third-order valence-corrected chi connectivity index (χ3v) is 6.04. The zero-order chi connectivity index (χ0) is 19.3. The van der Waals surface area contributed by atoms with Gasteiger partial charge >= 0.3 is 0 Å². The van der Waals surface area contributed by atoms with E-state index in [1.165, 1.54) is 0 Å². The lowest BCUT2D eigenvalue weighted by molar-refractivity contribution is -0.131. The molecule has 0 unspecified atom stereocenters. The summed E-state index contributed by atoms with van der Waals surface area (Å²) in [6.45, 7) is 3.62. The Bertz CT molecular complexity index is 941. The second kappa shape index (κ2) is 8.52. The Morgan fingerprint density at radius 3 is 2.96 bits per heavy atom. The Labute approximate surface area is 169 Å². The number of anilines is 2. The van der Waals surface area contributed by atoms with Crippen molar-refractivity contribution in [2.45, 2.75) is 32.1 Å². The van der Waals surface area contributed by atoms with Crippen molar-refractivity contribution in [3.05, 3.63) is 70.2 Å². The number of likely N-dealkylation sites (tertiary alicyclic amines) is 1. The number of aromatic nitrogens is 2. The van der Waals surface area contributed by atoms with Crippen LogP contribution in [0.2, 0.25) is 0 Å². The molecule has 5 nitrogen and oxygen atoms in total. The number of hydrogen-bond donors (Lipinski definition) is 1. The van der Waals surface area contributed by atoms with E-state index in [0.29, 0.717) is 12.4 Å². The number of amides is 1. The molecule has 1 saturated heterocycles. The number of nitrogens with one attached hydrogen (secondary N) is 1. The summed E-state index contributed by atoms with van der Waals surface area (Å²) in [4.78, 5) is 24.9. The summed E-state index contributed by atoms with van der Waals surface area (Å²) in [5, 5.41) is 5.33. The zero-order valence-electron chi connectivity index (χ0n) is 16.0. The fourth-order valence-corrected chi connectivity index (χ4v) is 4.31. The molecular formula is C22H24N4OS. The van der Waals surface area contributed by atoms with Crippen LogP contribution in [0.4, 0.5) is 11.6 Å². The number of hydrogen-bond acceptors (Lipinski definition) is 5. The molecule has 1 fully saturated rings. The minimum atomic E-state index is 0.208. The number of carbonyl (C=O) groups is 1. The SMILES string of the molecule is Cc1ccccc1Nc1nccc([C@H]2CCCN(C(=O)Cc3cccs3)C2)n1. The molecule has 4 rings (SSSR count). The molecule has 1 atom stereocenters. The molecule has 0 spiro atoms. The van der Waals surface area contributed by atoms with E-state index in [0.717, 1.165) is 47.8 Å². The van der Waals surface area contributed by atoms with Crippen molar-refractivity contribution in [3.63, 3.8) is 0 Å². The molecule has 0 saturated carbocycles. The number of carbonyl (C=O) groups excluding carboxylic acids is 1. The lowest BCUT2D eigenvalue weighted by Gasteiger charge is -2.32. The van der Waals surface area contributed by atoms with Crippen LogP contribution in [-0.2, 0) is 11.2 Å². The normalized spacial score (nSPS) is 16.8. The van der Waals surface area contributed by atoms with Gasteiger partial charge in [0.05, 0.1) is 12.1 Å². The van der Waals surface area contributed by atoms with Gasteiger partial charge in [-0.25, -0.2) is 9.97 Å². The van der Waals surface area contributed by atoms with Crippen molar-refractivity contribution in [3.8, 4) is 0 Å². The number of para-hydroxylation sites is 1. The number of aryl methyl sites for hydroxylation is 1. The first kappa shape index (κ1) is 18.6. The van der Waals surface area contributed by atoms with Gasteiger partial charge in [-0.15, -0.1) is 11.3 Å². The van der Waals surface area contributed by atoms with Crippen LogP contribution in [-0.4, -0.2) is 33.9 Å². The molecule has 0 aliphatic carbocycles.